The molecule has 0 rings (SSSR count). The van der Waals surface area contributed by atoms with E-state index >= 15 is 0 Å². The highest BCUT2D eigenvalue weighted by Crippen LogP contribution is 2.12. The maximum absolute atomic E-state index is 12.9. The molecule has 0 aliphatic carbocycles. The van der Waals surface area contributed by atoms with E-state index < -0.39 is 6.10 Å². The van der Waals surface area contributed by atoms with Gasteiger partial charge in [-0.15, -0.1) is 0 Å². The first-order chi connectivity index (χ1) is 40.0. The fraction of sp³-hybridized carbons (Fsp3) is 0.507. The minimum Gasteiger partial charge on any atom is -0.462 e. The van der Waals surface area contributed by atoms with Crippen LogP contribution in [0.4, 0.5) is 0 Å². The Hall–Kier alpha value is -6.01. The van der Waals surface area contributed by atoms with Crippen LogP contribution in [-0.2, 0) is 28.6 Å². The highest BCUT2D eigenvalue weighted by Gasteiger charge is 2.19. The van der Waals surface area contributed by atoms with Crippen molar-refractivity contribution in [3.8, 4) is 0 Å². The summed E-state index contributed by atoms with van der Waals surface area (Å²) in [6.07, 6.45) is 103. The Kier molecular flexibility index (Phi) is 61.6. The average Bonchev–Trinajstić information content (AvgIpc) is 3.46. The van der Waals surface area contributed by atoms with E-state index in [9.17, 15) is 14.4 Å². The molecule has 6 heteroatoms. The molecule has 0 aromatic rings. The number of allylic oxidation sites excluding steroid dienone is 34. The standard InChI is InChI=1S/C75H112O6/c1-4-7-10-13-16-19-22-25-27-29-31-33-35-37-39-41-43-45-47-50-53-56-59-62-65-68-74(77)80-71-72(70-79-73(76)67-64-61-58-55-52-49-24-21-18-15-12-9-6-3)81-75(78)69-66-63-60-57-54-51-48-46-44-42-40-38-36-34-32-30-28-26-23-20-17-14-11-8-5-2/h7-12,16-21,25-28,31-34,37-40,43-46,49-50,52-53,58,61,72H,4-6,13-15,22-24,29-30,35-36,41-42,47-48,51,54-57,59-60,62-71H2,1-3H3/b10-7-,11-8-,12-9-,19-16-,20-17-,21-18-,27-25-,28-26-,33-31-,34-32-,39-37-,40-38-,45-43-,46-44-,52-49-,53-50-,61-58-. The van der Waals surface area contributed by atoms with E-state index in [1.807, 2.05) is 12.2 Å². The lowest BCUT2D eigenvalue weighted by Crippen LogP contribution is -2.30. The lowest BCUT2D eigenvalue weighted by molar-refractivity contribution is -0.166. The first kappa shape index (κ1) is 75.0. The summed E-state index contributed by atoms with van der Waals surface area (Å²) in [5.41, 5.74) is 0. The number of hydrogen-bond donors (Lipinski definition) is 0. The quantitative estimate of drug-likeness (QED) is 0.0261. The minimum atomic E-state index is -0.844. The van der Waals surface area contributed by atoms with Gasteiger partial charge in [0.25, 0.3) is 0 Å². The van der Waals surface area contributed by atoms with Gasteiger partial charge in [-0.2, -0.15) is 0 Å². The molecule has 1 atom stereocenters. The molecule has 0 heterocycles. The van der Waals surface area contributed by atoms with Gasteiger partial charge in [0.1, 0.15) is 13.2 Å². The Morgan fingerprint density at radius 3 is 0.778 bits per heavy atom. The van der Waals surface area contributed by atoms with Gasteiger partial charge in [-0.3, -0.25) is 14.4 Å². The third kappa shape index (κ3) is 64.7. The Bertz CT molecular complexity index is 2000. The number of hydrogen-bond acceptors (Lipinski definition) is 6. The van der Waals surface area contributed by atoms with Crippen molar-refractivity contribution in [1.29, 1.82) is 0 Å². The second kappa shape index (κ2) is 66.5. The predicted molar refractivity (Wildman–Crippen MR) is 352 cm³/mol. The molecule has 448 valence electrons. The molecule has 0 amide bonds. The summed E-state index contributed by atoms with van der Waals surface area (Å²) in [5.74, 6) is -1.08. The van der Waals surface area contributed by atoms with E-state index in [1.165, 1.54) is 6.42 Å². The van der Waals surface area contributed by atoms with Gasteiger partial charge in [-0.1, -0.05) is 259 Å². The van der Waals surface area contributed by atoms with Crippen molar-refractivity contribution >= 4 is 17.9 Å². The first-order valence-electron chi connectivity index (χ1n) is 31.6. The van der Waals surface area contributed by atoms with Gasteiger partial charge < -0.3 is 14.2 Å². The van der Waals surface area contributed by atoms with Crippen LogP contribution in [0.25, 0.3) is 0 Å². The molecule has 6 nitrogen and oxygen atoms in total. The van der Waals surface area contributed by atoms with E-state index in [2.05, 4.69) is 215 Å². The van der Waals surface area contributed by atoms with E-state index in [4.69, 9.17) is 14.2 Å². The van der Waals surface area contributed by atoms with Crippen LogP contribution in [0.15, 0.2) is 207 Å². The van der Waals surface area contributed by atoms with Gasteiger partial charge in [0.05, 0.1) is 0 Å². The highest BCUT2D eigenvalue weighted by atomic mass is 16.6. The number of esters is 3. The number of carbonyl (C=O) groups excluding carboxylic acids is 3. The molecule has 1 unspecified atom stereocenters. The largest absolute Gasteiger partial charge is 0.462 e. The van der Waals surface area contributed by atoms with Gasteiger partial charge >= 0.3 is 17.9 Å². The van der Waals surface area contributed by atoms with Crippen molar-refractivity contribution in [3.63, 3.8) is 0 Å². The van der Waals surface area contributed by atoms with E-state index in [0.717, 1.165) is 173 Å². The van der Waals surface area contributed by atoms with Gasteiger partial charge in [0, 0.05) is 19.3 Å². The van der Waals surface area contributed by atoms with Gasteiger partial charge in [0.15, 0.2) is 6.10 Å². The molecule has 0 saturated carbocycles. The number of ether oxygens (including phenoxy) is 3. The van der Waals surface area contributed by atoms with Gasteiger partial charge in [-0.05, 0) is 154 Å². The van der Waals surface area contributed by atoms with E-state index in [0.29, 0.717) is 12.8 Å². The van der Waals surface area contributed by atoms with Gasteiger partial charge in [-0.25, -0.2) is 0 Å². The minimum absolute atomic E-state index is 0.136. The van der Waals surface area contributed by atoms with Crippen LogP contribution in [-0.4, -0.2) is 37.2 Å². The Labute approximate surface area is 496 Å². The topological polar surface area (TPSA) is 78.9 Å². The van der Waals surface area contributed by atoms with Gasteiger partial charge in [0.2, 0.25) is 0 Å². The molecule has 0 fully saturated rings. The summed E-state index contributed by atoms with van der Waals surface area (Å²) in [5, 5.41) is 0. The zero-order valence-electron chi connectivity index (χ0n) is 51.2. The van der Waals surface area contributed by atoms with Crippen molar-refractivity contribution in [2.75, 3.05) is 13.2 Å². The second-order valence-corrected chi connectivity index (χ2v) is 19.8. The van der Waals surface area contributed by atoms with E-state index in [1.54, 1.807) is 0 Å². The summed E-state index contributed by atoms with van der Waals surface area (Å²) < 4.78 is 16.8. The SMILES string of the molecule is CC/C=C\C/C=C\C/C=C\C/C=C\C/C=C\C/C=C\C/C=C\CCCCCC(=O)OCC(COC(=O)CC/C=C\C/C=C\C/C=C\C/C=C\CC)OC(=O)CCCCCCCC/C=C\C/C=C\C/C=C\C/C=C\C/C=C\C/C=C\CC. The zero-order valence-corrected chi connectivity index (χ0v) is 51.2. The summed E-state index contributed by atoms with van der Waals surface area (Å²) >= 11 is 0. The molecule has 0 aliphatic rings. The number of unbranched alkanes of at least 4 members (excludes halogenated alkanes) is 9. The molecule has 0 spiro atoms. The molecule has 0 aromatic heterocycles. The molecule has 81 heavy (non-hydrogen) atoms. The third-order valence-electron chi connectivity index (χ3n) is 12.3. The molecule has 0 radical (unpaired) electrons. The monoisotopic (exact) mass is 1110 g/mol. The van der Waals surface area contributed by atoms with Crippen LogP contribution in [0, 0.1) is 0 Å². The van der Waals surface area contributed by atoms with Crippen LogP contribution >= 0.6 is 0 Å². The van der Waals surface area contributed by atoms with E-state index in [-0.39, 0.29) is 44.0 Å². The van der Waals surface area contributed by atoms with Crippen LogP contribution in [0.1, 0.15) is 226 Å². The summed E-state index contributed by atoms with van der Waals surface area (Å²) in [4.78, 5) is 38.3. The van der Waals surface area contributed by atoms with Crippen molar-refractivity contribution in [1.82, 2.24) is 0 Å². The zero-order chi connectivity index (χ0) is 58.5. The Morgan fingerprint density at radius 1 is 0.247 bits per heavy atom. The molecule has 0 aliphatic heterocycles. The third-order valence-corrected chi connectivity index (χ3v) is 12.3. The van der Waals surface area contributed by atoms with Crippen molar-refractivity contribution in [2.24, 2.45) is 0 Å². The molecule has 0 aromatic carbocycles. The predicted octanol–water partition coefficient (Wildman–Crippen LogP) is 22.0. The molecular weight excluding hydrogens is 997 g/mol. The molecule has 0 bridgehead atoms. The second-order valence-electron chi connectivity index (χ2n) is 19.8. The summed E-state index contributed by atoms with van der Waals surface area (Å²) in [6.45, 7) is 6.17. The van der Waals surface area contributed by atoms with Crippen molar-refractivity contribution < 1.29 is 28.6 Å². The molecular formula is C75H112O6. The lowest BCUT2D eigenvalue weighted by atomic mass is 10.1. The number of rotatable bonds is 54. The normalized spacial score (nSPS) is 13.6. The lowest BCUT2D eigenvalue weighted by Gasteiger charge is -2.18. The first-order valence-corrected chi connectivity index (χ1v) is 31.6. The smallest absolute Gasteiger partial charge is 0.306 e. The van der Waals surface area contributed by atoms with Crippen molar-refractivity contribution in [2.45, 2.75) is 232 Å². The molecule has 0 saturated heterocycles. The average molecular weight is 1110 g/mol. The highest BCUT2D eigenvalue weighted by molar-refractivity contribution is 5.71. The molecule has 0 N–H and O–H groups in total. The fourth-order valence-corrected chi connectivity index (χ4v) is 7.67. The maximum atomic E-state index is 12.9. The van der Waals surface area contributed by atoms with Crippen LogP contribution in [0.5, 0.6) is 0 Å². The fourth-order valence-electron chi connectivity index (χ4n) is 7.67. The number of carbonyl (C=O) groups is 3. The summed E-state index contributed by atoms with van der Waals surface area (Å²) in [6, 6.07) is 0. The van der Waals surface area contributed by atoms with Crippen LogP contribution in [0.3, 0.4) is 0 Å². The van der Waals surface area contributed by atoms with Crippen LogP contribution < -0.4 is 0 Å². The summed E-state index contributed by atoms with van der Waals surface area (Å²) in [7, 11) is 0. The Balaban J connectivity index is 4.54. The van der Waals surface area contributed by atoms with Crippen molar-refractivity contribution in [3.05, 3.63) is 207 Å². The Morgan fingerprint density at radius 2 is 0.469 bits per heavy atom. The van der Waals surface area contributed by atoms with Crippen LogP contribution in [0.2, 0.25) is 0 Å². The maximum Gasteiger partial charge on any atom is 0.306 e.